The predicted molar refractivity (Wildman–Crippen MR) is 86.1 cm³/mol. The Kier molecular flexibility index (Phi) is 11.9. The van der Waals surface area contributed by atoms with Crippen molar-refractivity contribution >= 4 is 5.97 Å². The summed E-state index contributed by atoms with van der Waals surface area (Å²) in [5.41, 5.74) is 0.705. The number of hydrogen-bond acceptors (Lipinski definition) is 7. The Hall–Kier alpha value is -1.52. The van der Waals surface area contributed by atoms with Crippen LogP contribution >= 0.6 is 0 Å². The number of aromatic amines is 1. The molecule has 24 heavy (non-hydrogen) atoms. The Bertz CT molecular complexity index is 415. The van der Waals surface area contributed by atoms with Crippen molar-refractivity contribution in [3.63, 3.8) is 0 Å². The summed E-state index contributed by atoms with van der Waals surface area (Å²) in [4.78, 5) is 18.0. The molecule has 1 heterocycles. The fourth-order valence-corrected chi connectivity index (χ4v) is 1.85. The van der Waals surface area contributed by atoms with Gasteiger partial charge in [-0.1, -0.05) is 0 Å². The number of nitrogens with zero attached hydrogens (tertiary/aromatic N) is 1. The fraction of sp³-hybridized carbons (Fsp3) is 0.733. The maximum Gasteiger partial charge on any atom is 0.321 e. The number of carboxylic acids is 1. The molecule has 0 aliphatic rings. The first-order valence-electron chi connectivity index (χ1n) is 7.90. The number of H-pyrrole nitrogens is 1. The van der Waals surface area contributed by atoms with Crippen LogP contribution in [0.15, 0.2) is 12.5 Å². The summed E-state index contributed by atoms with van der Waals surface area (Å²) in [6, 6.07) is -0.683. The first-order valence-corrected chi connectivity index (χ1v) is 7.90. The van der Waals surface area contributed by atoms with Gasteiger partial charge < -0.3 is 34.4 Å². The molecule has 0 saturated heterocycles. The monoisotopic (exact) mass is 345 g/mol. The lowest BCUT2D eigenvalue weighted by atomic mass is 10.1. The van der Waals surface area contributed by atoms with Gasteiger partial charge in [-0.2, -0.15) is 0 Å². The number of imidazole rings is 1. The lowest BCUT2D eigenvalue weighted by Crippen LogP contribution is -2.40. The largest absolute Gasteiger partial charge is 0.480 e. The summed E-state index contributed by atoms with van der Waals surface area (Å²) in [6.45, 7) is 3.97. The molecule has 0 spiro atoms. The van der Waals surface area contributed by atoms with Gasteiger partial charge in [-0.15, -0.1) is 0 Å². The molecule has 3 N–H and O–H groups in total. The molecule has 1 atom stereocenters. The summed E-state index contributed by atoms with van der Waals surface area (Å²) in [5.74, 6) is -0.908. The SMILES string of the molecule is COCCOCCOCCOCCNC(Cc1c[nH]cn1)C(=O)O. The number of methoxy groups -OCH3 is 1. The van der Waals surface area contributed by atoms with Crippen LogP contribution in [0.2, 0.25) is 0 Å². The van der Waals surface area contributed by atoms with Gasteiger partial charge in [0.05, 0.1) is 58.3 Å². The van der Waals surface area contributed by atoms with E-state index in [0.29, 0.717) is 64.9 Å². The molecule has 0 aliphatic heterocycles. The van der Waals surface area contributed by atoms with Gasteiger partial charge in [0.25, 0.3) is 0 Å². The Labute approximate surface area is 141 Å². The second-order valence-electron chi connectivity index (χ2n) is 4.94. The lowest BCUT2D eigenvalue weighted by Gasteiger charge is -2.13. The molecule has 0 radical (unpaired) electrons. The number of aliphatic carboxylic acids is 1. The van der Waals surface area contributed by atoms with Crippen LogP contribution in [0.25, 0.3) is 0 Å². The van der Waals surface area contributed by atoms with Crippen LogP contribution in [0.5, 0.6) is 0 Å². The quantitative estimate of drug-likeness (QED) is 0.350. The Morgan fingerprint density at radius 1 is 1.17 bits per heavy atom. The van der Waals surface area contributed by atoms with Gasteiger partial charge in [-0.3, -0.25) is 4.79 Å². The molecule has 0 saturated carbocycles. The highest BCUT2D eigenvalue weighted by Gasteiger charge is 2.17. The Balaban J connectivity index is 1.93. The van der Waals surface area contributed by atoms with E-state index >= 15 is 0 Å². The summed E-state index contributed by atoms with van der Waals surface area (Å²) in [6.07, 6.45) is 3.54. The van der Waals surface area contributed by atoms with Crippen molar-refractivity contribution in [3.05, 3.63) is 18.2 Å². The number of ether oxygens (including phenoxy) is 4. The summed E-state index contributed by atoms with van der Waals surface area (Å²) in [7, 11) is 1.63. The molecule has 0 aliphatic carbocycles. The number of carboxylic acid groups (broad SMARTS) is 1. The topological polar surface area (TPSA) is 115 Å². The van der Waals surface area contributed by atoms with Gasteiger partial charge in [0.15, 0.2) is 0 Å². The van der Waals surface area contributed by atoms with E-state index in [-0.39, 0.29) is 0 Å². The zero-order valence-electron chi connectivity index (χ0n) is 14.0. The van der Waals surface area contributed by atoms with Crippen molar-refractivity contribution in [1.29, 1.82) is 0 Å². The van der Waals surface area contributed by atoms with Crippen molar-refractivity contribution in [2.24, 2.45) is 0 Å². The molecule has 138 valence electrons. The third-order valence-electron chi connectivity index (χ3n) is 3.08. The Morgan fingerprint density at radius 2 is 1.79 bits per heavy atom. The normalized spacial score (nSPS) is 12.4. The molecule has 0 aromatic carbocycles. The average Bonchev–Trinajstić information content (AvgIpc) is 3.07. The third-order valence-corrected chi connectivity index (χ3v) is 3.08. The van der Waals surface area contributed by atoms with Crippen LogP contribution in [0.3, 0.4) is 0 Å². The standard InChI is InChI=1S/C15H27N3O6/c1-21-4-5-23-8-9-24-7-6-22-3-2-17-14(15(19)20)10-13-11-16-12-18-13/h11-12,14,17H,2-10H2,1H3,(H,16,18)(H,19,20). The van der Waals surface area contributed by atoms with Crippen molar-refractivity contribution in [3.8, 4) is 0 Å². The zero-order chi connectivity index (χ0) is 17.5. The number of carbonyl (C=O) groups is 1. The van der Waals surface area contributed by atoms with E-state index in [1.807, 2.05) is 0 Å². The van der Waals surface area contributed by atoms with Crippen LogP contribution in [0.1, 0.15) is 5.69 Å². The van der Waals surface area contributed by atoms with Crippen molar-refractivity contribution in [2.75, 3.05) is 59.9 Å². The van der Waals surface area contributed by atoms with Crippen LogP contribution < -0.4 is 5.32 Å². The summed E-state index contributed by atoms with van der Waals surface area (Å²) in [5, 5.41) is 12.1. The molecule has 1 rings (SSSR count). The molecule has 1 unspecified atom stereocenters. The van der Waals surface area contributed by atoms with Crippen LogP contribution in [-0.2, 0) is 30.2 Å². The summed E-state index contributed by atoms with van der Waals surface area (Å²) < 4.78 is 20.8. The molecular formula is C15H27N3O6. The lowest BCUT2D eigenvalue weighted by molar-refractivity contribution is -0.139. The molecule has 0 amide bonds. The second-order valence-corrected chi connectivity index (χ2v) is 4.94. The molecule has 9 nitrogen and oxygen atoms in total. The van der Waals surface area contributed by atoms with E-state index < -0.39 is 12.0 Å². The Morgan fingerprint density at radius 3 is 2.33 bits per heavy atom. The van der Waals surface area contributed by atoms with E-state index in [9.17, 15) is 4.79 Å². The highest BCUT2D eigenvalue weighted by molar-refractivity contribution is 5.73. The van der Waals surface area contributed by atoms with E-state index in [2.05, 4.69) is 15.3 Å². The average molecular weight is 345 g/mol. The van der Waals surface area contributed by atoms with Gasteiger partial charge in [0.2, 0.25) is 0 Å². The van der Waals surface area contributed by atoms with Gasteiger partial charge in [0, 0.05) is 26.3 Å². The first kappa shape index (κ1) is 20.5. The van der Waals surface area contributed by atoms with Crippen molar-refractivity contribution in [1.82, 2.24) is 15.3 Å². The maximum atomic E-state index is 11.2. The highest BCUT2D eigenvalue weighted by atomic mass is 16.6. The number of nitrogens with one attached hydrogen (secondary N) is 2. The van der Waals surface area contributed by atoms with E-state index in [1.165, 1.54) is 6.33 Å². The zero-order valence-corrected chi connectivity index (χ0v) is 14.0. The van der Waals surface area contributed by atoms with Gasteiger partial charge in [-0.05, 0) is 0 Å². The van der Waals surface area contributed by atoms with E-state index in [4.69, 9.17) is 24.1 Å². The van der Waals surface area contributed by atoms with Crippen molar-refractivity contribution in [2.45, 2.75) is 12.5 Å². The summed E-state index contributed by atoms with van der Waals surface area (Å²) >= 11 is 0. The second kappa shape index (κ2) is 13.9. The van der Waals surface area contributed by atoms with Gasteiger partial charge in [0.1, 0.15) is 6.04 Å². The van der Waals surface area contributed by atoms with Gasteiger partial charge in [-0.25, -0.2) is 4.98 Å². The number of aromatic nitrogens is 2. The van der Waals surface area contributed by atoms with Crippen molar-refractivity contribution < 1.29 is 28.8 Å². The third kappa shape index (κ3) is 10.3. The van der Waals surface area contributed by atoms with Crippen LogP contribution in [0.4, 0.5) is 0 Å². The maximum absolute atomic E-state index is 11.2. The predicted octanol–water partition coefficient (Wildman–Crippen LogP) is -0.309. The molecule has 9 heteroatoms. The van der Waals surface area contributed by atoms with Crippen LogP contribution in [0, 0.1) is 0 Å². The smallest absolute Gasteiger partial charge is 0.321 e. The molecule has 0 bridgehead atoms. The highest BCUT2D eigenvalue weighted by Crippen LogP contribution is 1.98. The van der Waals surface area contributed by atoms with Crippen LogP contribution in [-0.4, -0.2) is 87.0 Å². The molecule has 0 fully saturated rings. The minimum Gasteiger partial charge on any atom is -0.480 e. The fourth-order valence-electron chi connectivity index (χ4n) is 1.85. The molecule has 1 aromatic heterocycles. The van der Waals surface area contributed by atoms with E-state index in [1.54, 1.807) is 13.3 Å². The molecular weight excluding hydrogens is 318 g/mol. The minimum atomic E-state index is -0.908. The van der Waals surface area contributed by atoms with E-state index in [0.717, 1.165) is 0 Å². The minimum absolute atomic E-state index is 0.324. The first-order chi connectivity index (χ1) is 11.7. The number of rotatable bonds is 16. The van der Waals surface area contributed by atoms with Gasteiger partial charge >= 0.3 is 5.97 Å². The number of hydrogen-bond donors (Lipinski definition) is 3. The molecule has 1 aromatic rings.